The lowest BCUT2D eigenvalue weighted by Gasteiger charge is -2.19. The molecular weight excluding hydrogens is 344 g/mol. The smallest absolute Gasteiger partial charge is 0.0375 e. The van der Waals surface area contributed by atoms with Gasteiger partial charge >= 0.3 is 0 Å². The van der Waals surface area contributed by atoms with E-state index in [1.165, 1.54) is 43.5 Å². The zero-order valence-corrected chi connectivity index (χ0v) is 15.6. The van der Waals surface area contributed by atoms with E-state index in [9.17, 15) is 0 Å². The molecule has 2 aliphatic rings. The Labute approximate surface area is 162 Å². The maximum absolute atomic E-state index is 2.41. The van der Waals surface area contributed by atoms with Crippen molar-refractivity contribution in [1.82, 2.24) is 0 Å². The second-order valence-corrected chi connectivity index (χ2v) is 8.37. The fourth-order valence-electron chi connectivity index (χ4n) is 4.58. The van der Waals surface area contributed by atoms with Crippen LogP contribution in [0.2, 0.25) is 0 Å². The van der Waals surface area contributed by atoms with Crippen molar-refractivity contribution < 1.29 is 0 Å². The molecule has 4 aromatic rings. The van der Waals surface area contributed by atoms with Gasteiger partial charge in [-0.1, -0.05) is 85.0 Å². The number of thioether (sulfide) groups is 1. The molecule has 1 aliphatic carbocycles. The van der Waals surface area contributed by atoms with Crippen LogP contribution < -0.4 is 0 Å². The minimum absolute atomic E-state index is 0.490. The molecule has 1 heteroatoms. The van der Waals surface area contributed by atoms with Gasteiger partial charge in [0.05, 0.1) is 0 Å². The Morgan fingerprint density at radius 2 is 1.19 bits per heavy atom. The second-order valence-electron chi connectivity index (χ2n) is 7.32. The molecule has 0 N–H and O–H groups in total. The summed E-state index contributed by atoms with van der Waals surface area (Å²) in [6, 6.07) is 24.6. The van der Waals surface area contributed by atoms with E-state index < -0.39 is 0 Å². The molecule has 4 aromatic carbocycles. The summed E-state index contributed by atoms with van der Waals surface area (Å²) < 4.78 is 0. The van der Waals surface area contributed by atoms with Gasteiger partial charge in [-0.15, -0.1) is 11.8 Å². The van der Waals surface area contributed by atoms with Crippen molar-refractivity contribution in [3.63, 3.8) is 0 Å². The number of allylic oxidation sites excluding steroid dienone is 4. The van der Waals surface area contributed by atoms with Gasteiger partial charge in [-0.25, -0.2) is 0 Å². The highest BCUT2D eigenvalue weighted by Gasteiger charge is 2.28. The lowest BCUT2D eigenvalue weighted by molar-refractivity contribution is 0.876. The highest BCUT2D eigenvalue weighted by Crippen LogP contribution is 2.45. The van der Waals surface area contributed by atoms with Crippen LogP contribution in [0.25, 0.3) is 37.9 Å². The average molecular weight is 362 g/mol. The molecule has 0 radical (unpaired) electrons. The summed E-state index contributed by atoms with van der Waals surface area (Å²) in [5, 5.41) is 11.0. The Morgan fingerprint density at radius 3 is 1.89 bits per heavy atom. The normalized spacial score (nSPS) is 21.1. The molecule has 0 aromatic heterocycles. The van der Waals surface area contributed by atoms with E-state index in [1.807, 2.05) is 11.8 Å². The maximum atomic E-state index is 2.41. The minimum Gasteiger partial charge on any atom is -0.125 e. The van der Waals surface area contributed by atoms with Crippen molar-refractivity contribution in [3.05, 3.63) is 102 Å². The Kier molecular flexibility index (Phi) is 3.33. The topological polar surface area (TPSA) is 0 Å². The molecule has 27 heavy (non-hydrogen) atoms. The number of hydrogen-bond acceptors (Lipinski definition) is 1. The molecule has 1 aliphatic heterocycles. The number of fused-ring (bicyclic) bond motifs is 7. The largest absolute Gasteiger partial charge is 0.125 e. The highest BCUT2D eigenvalue weighted by molar-refractivity contribution is 8.03. The van der Waals surface area contributed by atoms with E-state index in [0.29, 0.717) is 11.2 Å². The van der Waals surface area contributed by atoms with Crippen molar-refractivity contribution in [2.45, 2.75) is 5.25 Å². The molecule has 128 valence electrons. The molecule has 0 fully saturated rings. The number of hydrogen-bond donors (Lipinski definition) is 0. The number of rotatable bonds is 1. The Hall–Kier alpha value is -2.77. The average Bonchev–Trinajstić information content (AvgIpc) is 3.18. The van der Waals surface area contributed by atoms with E-state index >= 15 is 0 Å². The Bertz CT molecular complexity index is 1270. The van der Waals surface area contributed by atoms with Crippen LogP contribution in [0.15, 0.2) is 96.4 Å². The molecular formula is C26H18S. The predicted octanol–water partition coefficient (Wildman–Crippen LogP) is 7.34. The van der Waals surface area contributed by atoms with Gasteiger partial charge in [0.1, 0.15) is 0 Å². The standard InChI is InChI=1S/C26H18S/c1-2-9-20-18(7-1)19-8-3-4-10-21(19)24-15-17(13-14-22(20)24)25-16-27-26-12-6-5-11-23(25)26/h1-16,23,26H. The van der Waals surface area contributed by atoms with E-state index in [2.05, 4.69) is 96.4 Å². The fourth-order valence-corrected chi connectivity index (χ4v) is 5.76. The van der Waals surface area contributed by atoms with Gasteiger partial charge in [0, 0.05) is 11.2 Å². The summed E-state index contributed by atoms with van der Waals surface area (Å²) >= 11 is 1.94. The minimum atomic E-state index is 0.490. The molecule has 0 bridgehead atoms. The van der Waals surface area contributed by atoms with Gasteiger partial charge in [-0.3, -0.25) is 0 Å². The maximum Gasteiger partial charge on any atom is 0.0375 e. The summed E-state index contributed by atoms with van der Waals surface area (Å²) in [4.78, 5) is 0. The van der Waals surface area contributed by atoms with Crippen LogP contribution in [0.1, 0.15) is 5.56 Å². The molecule has 0 nitrogen and oxygen atoms in total. The second kappa shape index (κ2) is 5.87. The van der Waals surface area contributed by atoms with Gasteiger partial charge in [-0.2, -0.15) is 0 Å². The molecule has 2 unspecified atom stereocenters. The number of benzene rings is 4. The monoisotopic (exact) mass is 362 g/mol. The first-order chi connectivity index (χ1) is 13.4. The van der Waals surface area contributed by atoms with Crippen molar-refractivity contribution in [3.8, 4) is 0 Å². The highest BCUT2D eigenvalue weighted by atomic mass is 32.2. The quantitative estimate of drug-likeness (QED) is 0.319. The third-order valence-corrected chi connectivity index (χ3v) is 7.03. The fraction of sp³-hybridized carbons (Fsp3) is 0.0769. The Balaban J connectivity index is 1.65. The van der Waals surface area contributed by atoms with Gasteiger partial charge in [-0.05, 0) is 54.9 Å². The van der Waals surface area contributed by atoms with E-state index in [-0.39, 0.29) is 0 Å². The summed E-state index contributed by atoms with van der Waals surface area (Å²) in [6.07, 6.45) is 9.03. The summed E-state index contributed by atoms with van der Waals surface area (Å²) in [7, 11) is 0. The van der Waals surface area contributed by atoms with E-state index in [4.69, 9.17) is 0 Å². The zero-order valence-electron chi connectivity index (χ0n) is 14.8. The van der Waals surface area contributed by atoms with Gasteiger partial charge < -0.3 is 0 Å². The summed E-state index contributed by atoms with van der Waals surface area (Å²) in [5.41, 5.74) is 2.80. The van der Waals surface area contributed by atoms with Crippen LogP contribution in [0, 0.1) is 5.92 Å². The van der Waals surface area contributed by atoms with Crippen LogP contribution in [0.4, 0.5) is 0 Å². The van der Waals surface area contributed by atoms with Crippen LogP contribution in [-0.2, 0) is 0 Å². The lowest BCUT2D eigenvalue weighted by atomic mass is 9.86. The van der Waals surface area contributed by atoms with Gasteiger partial charge in [0.2, 0.25) is 0 Å². The van der Waals surface area contributed by atoms with E-state index in [1.54, 1.807) is 0 Å². The van der Waals surface area contributed by atoms with Crippen LogP contribution in [0.5, 0.6) is 0 Å². The molecule has 0 spiro atoms. The third kappa shape index (κ3) is 2.25. The van der Waals surface area contributed by atoms with Gasteiger partial charge in [0.25, 0.3) is 0 Å². The predicted molar refractivity (Wildman–Crippen MR) is 120 cm³/mol. The molecule has 0 amide bonds. The summed E-state index contributed by atoms with van der Waals surface area (Å²) in [6.45, 7) is 0. The Morgan fingerprint density at radius 1 is 0.593 bits per heavy atom. The molecule has 2 atom stereocenters. The lowest BCUT2D eigenvalue weighted by Crippen LogP contribution is -2.11. The third-order valence-electron chi connectivity index (χ3n) is 5.87. The SMILES string of the molecule is C1=CC2SC=C(c3ccc4c5ccccc5c5ccccc5c4c3)C2C=C1. The zero-order chi connectivity index (χ0) is 17.8. The van der Waals surface area contributed by atoms with Crippen molar-refractivity contribution in [1.29, 1.82) is 0 Å². The molecule has 0 saturated carbocycles. The van der Waals surface area contributed by atoms with E-state index in [0.717, 1.165) is 0 Å². The first-order valence-electron chi connectivity index (χ1n) is 9.44. The van der Waals surface area contributed by atoms with Crippen LogP contribution in [-0.4, -0.2) is 5.25 Å². The first kappa shape index (κ1) is 15.3. The first-order valence-corrected chi connectivity index (χ1v) is 10.4. The van der Waals surface area contributed by atoms with Crippen molar-refractivity contribution >= 4 is 49.7 Å². The summed E-state index contributed by atoms with van der Waals surface area (Å²) in [5.74, 6) is 0.490. The molecule has 0 saturated heterocycles. The molecule has 1 heterocycles. The van der Waals surface area contributed by atoms with Crippen molar-refractivity contribution in [2.75, 3.05) is 0 Å². The van der Waals surface area contributed by atoms with Crippen molar-refractivity contribution in [2.24, 2.45) is 5.92 Å². The van der Waals surface area contributed by atoms with Gasteiger partial charge in [0.15, 0.2) is 0 Å². The van der Waals surface area contributed by atoms with Crippen LogP contribution >= 0.6 is 11.8 Å². The van der Waals surface area contributed by atoms with Crippen LogP contribution in [0.3, 0.4) is 0 Å². The molecule has 6 rings (SSSR count).